The highest BCUT2D eigenvalue weighted by atomic mass is 35.5. The summed E-state index contributed by atoms with van der Waals surface area (Å²) < 4.78 is 5.74. The predicted octanol–water partition coefficient (Wildman–Crippen LogP) is 7.03. The number of furan rings is 1. The van der Waals surface area contributed by atoms with E-state index in [2.05, 4.69) is 19.2 Å². The minimum atomic E-state index is -0.231. The first-order valence-corrected chi connectivity index (χ1v) is 9.33. The fraction of sp³-hybridized carbons (Fsp3) is 0.136. The standard InChI is InChI=1S/C22H19Cl2NO2/c1-14(2)15-6-8-16(9-7-15)25-21(26)13-11-17-10-12-20(27-17)18-4-3-5-19(23)22(18)24/h3-14H,1-2H3,(H,25,26). The molecule has 1 heterocycles. The molecule has 2 aromatic carbocycles. The average molecular weight is 400 g/mol. The monoisotopic (exact) mass is 399 g/mol. The van der Waals surface area contributed by atoms with Crippen molar-refractivity contribution in [3.63, 3.8) is 0 Å². The lowest BCUT2D eigenvalue weighted by atomic mass is 10.0. The largest absolute Gasteiger partial charge is 0.457 e. The van der Waals surface area contributed by atoms with E-state index in [1.807, 2.05) is 30.3 Å². The molecule has 1 N–H and O–H groups in total. The molecule has 1 aromatic heterocycles. The SMILES string of the molecule is CC(C)c1ccc(NC(=O)C=Cc2ccc(-c3cccc(Cl)c3Cl)o2)cc1. The summed E-state index contributed by atoms with van der Waals surface area (Å²) in [4.78, 5) is 12.1. The molecule has 0 aliphatic carbocycles. The number of halogens is 2. The van der Waals surface area contributed by atoms with E-state index in [4.69, 9.17) is 27.6 Å². The molecule has 0 aliphatic heterocycles. The first-order valence-electron chi connectivity index (χ1n) is 8.57. The van der Waals surface area contributed by atoms with E-state index in [0.29, 0.717) is 33.0 Å². The smallest absolute Gasteiger partial charge is 0.248 e. The summed E-state index contributed by atoms with van der Waals surface area (Å²) >= 11 is 12.2. The molecule has 0 atom stereocenters. The van der Waals surface area contributed by atoms with E-state index in [1.54, 1.807) is 30.3 Å². The number of rotatable bonds is 5. The van der Waals surface area contributed by atoms with Gasteiger partial charge in [0.05, 0.1) is 10.0 Å². The molecule has 27 heavy (non-hydrogen) atoms. The van der Waals surface area contributed by atoms with Crippen LogP contribution in [-0.4, -0.2) is 5.91 Å². The van der Waals surface area contributed by atoms with Gasteiger partial charge in [0.25, 0.3) is 0 Å². The molecule has 0 unspecified atom stereocenters. The molecule has 0 radical (unpaired) electrons. The minimum absolute atomic E-state index is 0.231. The van der Waals surface area contributed by atoms with Crippen LogP contribution in [0.2, 0.25) is 10.0 Å². The van der Waals surface area contributed by atoms with Gasteiger partial charge in [-0.05, 0) is 54.0 Å². The maximum Gasteiger partial charge on any atom is 0.248 e. The van der Waals surface area contributed by atoms with E-state index in [0.717, 1.165) is 5.69 Å². The van der Waals surface area contributed by atoms with E-state index in [-0.39, 0.29) is 5.91 Å². The number of anilines is 1. The number of nitrogens with one attached hydrogen (secondary N) is 1. The molecular weight excluding hydrogens is 381 g/mol. The second-order valence-corrected chi connectivity index (χ2v) is 7.19. The van der Waals surface area contributed by atoms with Gasteiger partial charge in [0.15, 0.2) is 0 Å². The molecule has 3 nitrogen and oxygen atoms in total. The summed E-state index contributed by atoms with van der Waals surface area (Å²) in [5.74, 6) is 1.36. The predicted molar refractivity (Wildman–Crippen MR) is 112 cm³/mol. The third-order valence-corrected chi connectivity index (χ3v) is 4.91. The second-order valence-electron chi connectivity index (χ2n) is 6.40. The quantitative estimate of drug-likeness (QED) is 0.467. The van der Waals surface area contributed by atoms with Crippen LogP contribution in [0.1, 0.15) is 31.1 Å². The van der Waals surface area contributed by atoms with Gasteiger partial charge in [0.1, 0.15) is 11.5 Å². The number of hydrogen-bond acceptors (Lipinski definition) is 2. The Hall–Kier alpha value is -2.49. The Morgan fingerprint density at radius 2 is 1.78 bits per heavy atom. The first-order chi connectivity index (χ1) is 12.9. The van der Waals surface area contributed by atoms with Crippen LogP contribution in [0, 0.1) is 0 Å². The molecule has 0 saturated heterocycles. The van der Waals surface area contributed by atoms with Crippen LogP contribution < -0.4 is 5.32 Å². The van der Waals surface area contributed by atoms with Crippen LogP contribution in [0.3, 0.4) is 0 Å². The van der Waals surface area contributed by atoms with Gasteiger partial charge in [-0.3, -0.25) is 4.79 Å². The zero-order chi connectivity index (χ0) is 19.4. The van der Waals surface area contributed by atoms with Crippen molar-refractivity contribution < 1.29 is 9.21 Å². The van der Waals surface area contributed by atoms with Gasteiger partial charge in [0, 0.05) is 17.3 Å². The van der Waals surface area contributed by atoms with E-state index in [9.17, 15) is 4.79 Å². The van der Waals surface area contributed by atoms with Gasteiger partial charge in [-0.15, -0.1) is 0 Å². The van der Waals surface area contributed by atoms with Crippen LogP contribution in [0.4, 0.5) is 5.69 Å². The molecule has 0 spiro atoms. The molecular formula is C22H19Cl2NO2. The third kappa shape index (κ3) is 4.82. The van der Waals surface area contributed by atoms with Crippen LogP contribution in [0.5, 0.6) is 0 Å². The van der Waals surface area contributed by atoms with Crippen molar-refractivity contribution in [3.8, 4) is 11.3 Å². The zero-order valence-corrected chi connectivity index (χ0v) is 16.5. The summed E-state index contributed by atoms with van der Waals surface area (Å²) in [5, 5.41) is 3.73. The number of benzene rings is 2. The average Bonchev–Trinajstić information content (AvgIpc) is 3.11. The highest BCUT2D eigenvalue weighted by molar-refractivity contribution is 6.43. The van der Waals surface area contributed by atoms with Crippen molar-refractivity contribution in [3.05, 3.63) is 82.0 Å². The maximum atomic E-state index is 12.1. The summed E-state index contributed by atoms with van der Waals surface area (Å²) in [5.41, 5.74) is 2.68. The summed E-state index contributed by atoms with van der Waals surface area (Å²) in [6.45, 7) is 4.26. The molecule has 3 aromatic rings. The molecule has 138 valence electrons. The Balaban J connectivity index is 1.67. The molecule has 0 fully saturated rings. The van der Waals surface area contributed by atoms with E-state index in [1.165, 1.54) is 11.6 Å². The topological polar surface area (TPSA) is 42.2 Å². The van der Waals surface area contributed by atoms with Gasteiger partial charge in [0.2, 0.25) is 5.91 Å². The second kappa shape index (κ2) is 8.47. The Bertz CT molecular complexity index is 972. The first kappa shape index (κ1) is 19.3. The Kier molecular flexibility index (Phi) is 6.04. The zero-order valence-electron chi connectivity index (χ0n) is 15.0. The van der Waals surface area contributed by atoms with Crippen molar-refractivity contribution in [1.29, 1.82) is 0 Å². The fourth-order valence-corrected chi connectivity index (χ4v) is 2.97. The van der Waals surface area contributed by atoms with Crippen molar-refractivity contribution in [2.24, 2.45) is 0 Å². The van der Waals surface area contributed by atoms with E-state index >= 15 is 0 Å². The molecule has 1 amide bonds. The Morgan fingerprint density at radius 3 is 2.48 bits per heavy atom. The summed E-state index contributed by atoms with van der Waals surface area (Å²) in [6.07, 6.45) is 3.04. The van der Waals surface area contributed by atoms with E-state index < -0.39 is 0 Å². The normalized spacial score (nSPS) is 11.3. The number of carbonyl (C=O) groups is 1. The molecule has 5 heteroatoms. The van der Waals surface area contributed by atoms with Crippen LogP contribution in [0.25, 0.3) is 17.4 Å². The maximum absolute atomic E-state index is 12.1. The Labute approximate surface area is 168 Å². The Morgan fingerprint density at radius 1 is 1.04 bits per heavy atom. The van der Waals surface area contributed by atoms with Crippen LogP contribution in [0.15, 0.2) is 65.1 Å². The van der Waals surface area contributed by atoms with Crippen molar-refractivity contribution in [2.45, 2.75) is 19.8 Å². The number of amides is 1. The lowest BCUT2D eigenvalue weighted by Crippen LogP contribution is -2.07. The minimum Gasteiger partial charge on any atom is -0.457 e. The van der Waals surface area contributed by atoms with Gasteiger partial charge in [-0.25, -0.2) is 0 Å². The molecule has 0 bridgehead atoms. The molecule has 0 aliphatic rings. The van der Waals surface area contributed by atoms with Crippen LogP contribution >= 0.6 is 23.2 Å². The summed E-state index contributed by atoms with van der Waals surface area (Å²) in [6, 6.07) is 16.7. The van der Waals surface area contributed by atoms with Gasteiger partial charge < -0.3 is 9.73 Å². The third-order valence-electron chi connectivity index (χ3n) is 4.09. The lowest BCUT2D eigenvalue weighted by Gasteiger charge is -2.07. The molecule has 3 rings (SSSR count). The van der Waals surface area contributed by atoms with Gasteiger partial charge in [-0.1, -0.05) is 55.2 Å². The van der Waals surface area contributed by atoms with Crippen molar-refractivity contribution in [2.75, 3.05) is 5.32 Å². The summed E-state index contributed by atoms with van der Waals surface area (Å²) in [7, 11) is 0. The molecule has 0 saturated carbocycles. The fourth-order valence-electron chi connectivity index (χ4n) is 2.57. The van der Waals surface area contributed by atoms with Gasteiger partial charge >= 0.3 is 0 Å². The highest BCUT2D eigenvalue weighted by Crippen LogP contribution is 2.34. The lowest BCUT2D eigenvalue weighted by molar-refractivity contribution is -0.111. The number of hydrogen-bond donors (Lipinski definition) is 1. The van der Waals surface area contributed by atoms with Crippen molar-refractivity contribution in [1.82, 2.24) is 0 Å². The van der Waals surface area contributed by atoms with Crippen LogP contribution in [-0.2, 0) is 4.79 Å². The number of carbonyl (C=O) groups excluding carboxylic acids is 1. The van der Waals surface area contributed by atoms with Gasteiger partial charge in [-0.2, -0.15) is 0 Å². The highest BCUT2D eigenvalue weighted by Gasteiger charge is 2.10. The van der Waals surface area contributed by atoms with Crippen molar-refractivity contribution >= 4 is 40.9 Å².